The second-order valence-electron chi connectivity index (χ2n) is 17.8. The van der Waals surface area contributed by atoms with Crippen molar-refractivity contribution < 1.29 is 0 Å². The van der Waals surface area contributed by atoms with Crippen LogP contribution in [-0.2, 0) is 5.41 Å². The van der Waals surface area contributed by atoms with Crippen LogP contribution in [0.25, 0.3) is 72.2 Å². The first-order valence-electron chi connectivity index (χ1n) is 23.7. The zero-order valence-electron chi connectivity index (χ0n) is 37.8. The van der Waals surface area contributed by atoms with Gasteiger partial charge in [0.05, 0.1) is 33.7 Å². The fourth-order valence-electron chi connectivity index (χ4n) is 11.3. The molecule has 1 aliphatic rings. The standard InChI is InChI=1S/C66H45N3/c1-7-26-46(27-8-1)52-38-22-24-44-58(52)68(59-45-25-43-57-61(59)55-41-21-23-42-56(55)66(57,50-34-15-5-16-35-50)51-36-17-6-18-37-51)65-54-40-20-19-39-53(54)64-60(47-28-9-2-10-29-47)62(48-30-11-3-12-31-48)67-69(64)63(65)49-32-13-4-14-33-49/h1-45H. The quantitative estimate of drug-likeness (QED) is 0.144. The predicted octanol–water partition coefficient (Wildman–Crippen LogP) is 17.0. The maximum absolute atomic E-state index is 5.80. The van der Waals surface area contributed by atoms with Crippen LogP contribution in [0.3, 0.4) is 0 Å². The van der Waals surface area contributed by atoms with E-state index in [1.54, 1.807) is 0 Å². The molecule has 69 heavy (non-hydrogen) atoms. The minimum Gasteiger partial charge on any atom is -0.306 e. The average Bonchev–Trinajstić information content (AvgIpc) is 3.98. The number of anilines is 3. The van der Waals surface area contributed by atoms with E-state index in [9.17, 15) is 0 Å². The van der Waals surface area contributed by atoms with Crippen molar-refractivity contribution in [2.45, 2.75) is 5.41 Å². The van der Waals surface area contributed by atoms with Crippen LogP contribution < -0.4 is 4.90 Å². The van der Waals surface area contributed by atoms with E-state index in [2.05, 4.69) is 282 Å². The van der Waals surface area contributed by atoms with Gasteiger partial charge in [-0.3, -0.25) is 0 Å². The molecule has 324 valence electrons. The zero-order chi connectivity index (χ0) is 45.7. The molecule has 3 heteroatoms. The van der Waals surface area contributed by atoms with Crippen LogP contribution in [0.1, 0.15) is 22.3 Å². The molecule has 12 aromatic rings. The van der Waals surface area contributed by atoms with Crippen LogP contribution in [0.4, 0.5) is 17.1 Å². The smallest absolute Gasteiger partial charge is 0.101 e. The lowest BCUT2D eigenvalue weighted by molar-refractivity contribution is 0.768. The Morgan fingerprint density at radius 1 is 0.333 bits per heavy atom. The van der Waals surface area contributed by atoms with E-state index >= 15 is 0 Å². The van der Waals surface area contributed by atoms with E-state index in [-0.39, 0.29) is 0 Å². The Morgan fingerprint density at radius 3 is 1.43 bits per heavy atom. The number of aromatic nitrogens is 2. The Balaban J connectivity index is 1.24. The van der Waals surface area contributed by atoms with Gasteiger partial charge in [-0.2, -0.15) is 5.10 Å². The maximum atomic E-state index is 5.80. The predicted molar refractivity (Wildman–Crippen MR) is 286 cm³/mol. The molecule has 2 aromatic heterocycles. The van der Waals surface area contributed by atoms with Gasteiger partial charge in [-0.1, -0.05) is 261 Å². The maximum Gasteiger partial charge on any atom is 0.101 e. The first-order chi connectivity index (χ1) is 34.3. The van der Waals surface area contributed by atoms with Gasteiger partial charge in [0.15, 0.2) is 0 Å². The average molecular weight is 880 g/mol. The van der Waals surface area contributed by atoms with Gasteiger partial charge in [0.2, 0.25) is 0 Å². The number of benzene rings is 10. The van der Waals surface area contributed by atoms with E-state index in [1.807, 2.05) is 0 Å². The molecule has 0 aliphatic heterocycles. The van der Waals surface area contributed by atoms with Crippen molar-refractivity contribution in [1.29, 1.82) is 0 Å². The van der Waals surface area contributed by atoms with Gasteiger partial charge in [0, 0.05) is 38.6 Å². The molecule has 0 fully saturated rings. The van der Waals surface area contributed by atoms with E-state index in [4.69, 9.17) is 5.10 Å². The number of pyridine rings is 1. The summed E-state index contributed by atoms with van der Waals surface area (Å²) in [5.74, 6) is 0. The monoisotopic (exact) mass is 879 g/mol. The molecule has 0 spiro atoms. The number of hydrogen-bond donors (Lipinski definition) is 0. The van der Waals surface area contributed by atoms with Crippen LogP contribution in [0, 0.1) is 0 Å². The molecular weight excluding hydrogens is 835 g/mol. The topological polar surface area (TPSA) is 20.5 Å². The van der Waals surface area contributed by atoms with Crippen molar-refractivity contribution in [3.63, 3.8) is 0 Å². The molecule has 0 unspecified atom stereocenters. The minimum atomic E-state index is -0.597. The highest BCUT2D eigenvalue weighted by molar-refractivity contribution is 6.17. The Morgan fingerprint density at radius 2 is 0.797 bits per heavy atom. The molecule has 10 aromatic carbocycles. The lowest BCUT2D eigenvalue weighted by Crippen LogP contribution is -2.28. The number of rotatable bonds is 9. The second-order valence-corrected chi connectivity index (χ2v) is 17.8. The molecule has 0 radical (unpaired) electrons. The van der Waals surface area contributed by atoms with Crippen LogP contribution >= 0.6 is 0 Å². The van der Waals surface area contributed by atoms with Crippen LogP contribution in [0.15, 0.2) is 273 Å². The number of para-hydroxylation sites is 1. The Bertz CT molecular complexity index is 3770. The number of fused-ring (bicyclic) bond motifs is 6. The van der Waals surface area contributed by atoms with Crippen molar-refractivity contribution in [3.8, 4) is 55.9 Å². The van der Waals surface area contributed by atoms with Crippen molar-refractivity contribution in [3.05, 3.63) is 295 Å². The van der Waals surface area contributed by atoms with Gasteiger partial charge in [-0.05, 0) is 51.1 Å². The van der Waals surface area contributed by atoms with E-state index in [0.717, 1.165) is 78.1 Å². The van der Waals surface area contributed by atoms with Gasteiger partial charge >= 0.3 is 0 Å². The molecule has 3 nitrogen and oxygen atoms in total. The zero-order valence-corrected chi connectivity index (χ0v) is 37.8. The highest BCUT2D eigenvalue weighted by Crippen LogP contribution is 2.61. The highest BCUT2D eigenvalue weighted by Gasteiger charge is 2.47. The molecule has 0 bridgehead atoms. The summed E-state index contributed by atoms with van der Waals surface area (Å²) in [6, 6.07) is 99.2. The van der Waals surface area contributed by atoms with Crippen LogP contribution in [0.2, 0.25) is 0 Å². The van der Waals surface area contributed by atoms with Crippen molar-refractivity contribution in [2.24, 2.45) is 0 Å². The highest BCUT2D eigenvalue weighted by atomic mass is 15.3. The van der Waals surface area contributed by atoms with Gasteiger partial charge in [0.25, 0.3) is 0 Å². The fourth-order valence-corrected chi connectivity index (χ4v) is 11.3. The fraction of sp³-hybridized carbons (Fsp3) is 0.0152. The molecule has 1 aliphatic carbocycles. The third-order valence-corrected chi connectivity index (χ3v) is 14.1. The number of nitrogens with zero attached hydrogens (tertiary/aromatic N) is 3. The Kier molecular flexibility index (Phi) is 9.73. The SMILES string of the molecule is c1ccc(-c2ccccc2N(c2cccc3c2-c2ccccc2C3(c2ccccc2)c2ccccc2)c2c(-c3ccccc3)n3nc(-c4ccccc4)c(-c4ccccc4)c3c3ccccc23)cc1. The van der Waals surface area contributed by atoms with E-state index < -0.39 is 5.41 Å². The van der Waals surface area contributed by atoms with Crippen LogP contribution in [0.5, 0.6) is 0 Å². The summed E-state index contributed by atoms with van der Waals surface area (Å²) in [6.45, 7) is 0. The van der Waals surface area contributed by atoms with Crippen molar-refractivity contribution >= 4 is 33.4 Å². The third-order valence-electron chi connectivity index (χ3n) is 14.1. The molecule has 0 saturated heterocycles. The van der Waals surface area contributed by atoms with Gasteiger partial charge in [-0.25, -0.2) is 4.52 Å². The molecule has 13 rings (SSSR count). The van der Waals surface area contributed by atoms with E-state index in [0.29, 0.717) is 0 Å². The molecule has 0 N–H and O–H groups in total. The van der Waals surface area contributed by atoms with Gasteiger partial charge < -0.3 is 4.90 Å². The summed E-state index contributed by atoms with van der Waals surface area (Å²) >= 11 is 0. The first kappa shape index (κ1) is 40.2. The first-order valence-corrected chi connectivity index (χ1v) is 23.7. The minimum absolute atomic E-state index is 0.597. The van der Waals surface area contributed by atoms with Gasteiger partial charge in [0.1, 0.15) is 5.69 Å². The largest absolute Gasteiger partial charge is 0.306 e. The van der Waals surface area contributed by atoms with E-state index in [1.165, 1.54) is 33.4 Å². The van der Waals surface area contributed by atoms with Crippen LogP contribution in [-0.4, -0.2) is 9.61 Å². The molecular formula is C66H45N3. The van der Waals surface area contributed by atoms with Gasteiger partial charge in [-0.15, -0.1) is 0 Å². The summed E-state index contributed by atoms with van der Waals surface area (Å²) in [6.07, 6.45) is 0. The normalized spacial score (nSPS) is 12.5. The summed E-state index contributed by atoms with van der Waals surface area (Å²) in [7, 11) is 0. The molecule has 0 amide bonds. The lowest BCUT2D eigenvalue weighted by atomic mass is 9.68. The summed E-state index contributed by atoms with van der Waals surface area (Å²) in [5, 5.41) is 8.02. The Hall–Kier alpha value is -9.05. The molecule has 0 atom stereocenters. The molecule has 2 heterocycles. The summed E-state index contributed by atoms with van der Waals surface area (Å²) < 4.78 is 2.26. The Labute approximate surface area is 402 Å². The molecule has 0 saturated carbocycles. The number of hydrogen-bond acceptors (Lipinski definition) is 2. The van der Waals surface area contributed by atoms with Crippen molar-refractivity contribution in [1.82, 2.24) is 9.61 Å². The summed E-state index contributed by atoms with van der Waals surface area (Å²) in [5.41, 5.74) is 19.5. The third kappa shape index (κ3) is 6.32. The lowest BCUT2D eigenvalue weighted by Gasteiger charge is -2.35. The second kappa shape index (κ2) is 16.7. The summed E-state index contributed by atoms with van der Waals surface area (Å²) in [4.78, 5) is 2.57. The van der Waals surface area contributed by atoms with Crippen molar-refractivity contribution in [2.75, 3.05) is 4.90 Å².